The molecule has 152 valence electrons. The van der Waals surface area contributed by atoms with E-state index in [4.69, 9.17) is 4.74 Å². The standard InChI is InChI=1S/C21H18N4O5/c1-30-19-9-14(25(28)29)8-13(20(19)26)11-22-24-21(27)16-10-18(12-6-7-12)23-17-5-3-2-4-15(16)17/h2-5,8-12,26H,6-7H2,1H3,(H,24,27)/b22-11-. The van der Waals surface area contributed by atoms with Crippen LogP contribution < -0.4 is 10.2 Å². The monoisotopic (exact) mass is 406 g/mol. The van der Waals surface area contributed by atoms with Crippen LogP contribution in [0.1, 0.15) is 40.4 Å². The number of pyridine rings is 1. The minimum atomic E-state index is -0.611. The molecule has 0 spiro atoms. The Morgan fingerprint density at radius 3 is 2.80 bits per heavy atom. The van der Waals surface area contributed by atoms with Crippen LogP contribution in [0, 0.1) is 10.1 Å². The predicted molar refractivity (Wildman–Crippen MR) is 110 cm³/mol. The van der Waals surface area contributed by atoms with Crippen LogP contribution in [0.5, 0.6) is 11.5 Å². The summed E-state index contributed by atoms with van der Waals surface area (Å²) in [5, 5.41) is 25.8. The van der Waals surface area contributed by atoms with E-state index in [9.17, 15) is 20.0 Å². The molecular weight excluding hydrogens is 388 g/mol. The van der Waals surface area contributed by atoms with Gasteiger partial charge in [-0.2, -0.15) is 5.10 Å². The third-order valence-electron chi connectivity index (χ3n) is 4.87. The molecule has 0 aliphatic heterocycles. The van der Waals surface area contributed by atoms with E-state index < -0.39 is 10.8 Å². The number of phenols is 1. The number of hydrazone groups is 1. The summed E-state index contributed by atoms with van der Waals surface area (Å²) in [5.41, 5.74) is 4.25. The fourth-order valence-electron chi connectivity index (χ4n) is 3.17. The van der Waals surface area contributed by atoms with Gasteiger partial charge in [0.2, 0.25) is 0 Å². The van der Waals surface area contributed by atoms with Crippen LogP contribution >= 0.6 is 0 Å². The summed E-state index contributed by atoms with van der Waals surface area (Å²) in [6, 6.07) is 11.4. The lowest BCUT2D eigenvalue weighted by Gasteiger charge is -2.08. The molecule has 1 aliphatic rings. The maximum absolute atomic E-state index is 12.8. The number of nitrogens with zero attached hydrogens (tertiary/aromatic N) is 3. The summed E-state index contributed by atoms with van der Waals surface area (Å²) >= 11 is 0. The Labute approximate surface area is 171 Å². The van der Waals surface area contributed by atoms with E-state index in [2.05, 4.69) is 15.5 Å². The number of amides is 1. The molecule has 2 aromatic carbocycles. The molecule has 0 unspecified atom stereocenters. The third-order valence-corrected chi connectivity index (χ3v) is 4.87. The first-order valence-corrected chi connectivity index (χ1v) is 9.26. The molecule has 0 radical (unpaired) electrons. The van der Waals surface area contributed by atoms with E-state index in [-0.39, 0.29) is 22.7 Å². The Morgan fingerprint density at radius 1 is 1.33 bits per heavy atom. The second-order valence-electron chi connectivity index (χ2n) is 6.93. The van der Waals surface area contributed by atoms with E-state index in [1.54, 1.807) is 6.07 Å². The molecule has 1 aliphatic carbocycles. The van der Waals surface area contributed by atoms with Crippen LogP contribution in [0.2, 0.25) is 0 Å². The van der Waals surface area contributed by atoms with Gasteiger partial charge in [-0.1, -0.05) is 18.2 Å². The number of nitro groups is 1. The molecule has 1 fully saturated rings. The van der Waals surface area contributed by atoms with E-state index in [0.717, 1.165) is 42.4 Å². The van der Waals surface area contributed by atoms with Crippen LogP contribution in [-0.2, 0) is 0 Å². The van der Waals surface area contributed by atoms with Crippen molar-refractivity contribution >= 4 is 28.7 Å². The number of hydrogen-bond acceptors (Lipinski definition) is 7. The molecule has 9 nitrogen and oxygen atoms in total. The highest BCUT2D eigenvalue weighted by Crippen LogP contribution is 2.40. The van der Waals surface area contributed by atoms with Crippen molar-refractivity contribution in [3.8, 4) is 11.5 Å². The quantitative estimate of drug-likeness (QED) is 0.366. The maximum atomic E-state index is 12.8. The van der Waals surface area contributed by atoms with Crippen molar-refractivity contribution in [3.63, 3.8) is 0 Å². The normalized spacial score (nSPS) is 13.5. The minimum Gasteiger partial charge on any atom is -0.504 e. The molecule has 1 amide bonds. The molecule has 0 bridgehead atoms. The zero-order valence-corrected chi connectivity index (χ0v) is 16.0. The molecule has 2 N–H and O–H groups in total. The lowest BCUT2D eigenvalue weighted by Crippen LogP contribution is -2.18. The van der Waals surface area contributed by atoms with E-state index in [0.29, 0.717) is 16.9 Å². The number of phenolic OH excluding ortho intramolecular Hbond substituents is 1. The fourth-order valence-corrected chi connectivity index (χ4v) is 3.17. The summed E-state index contributed by atoms with van der Waals surface area (Å²) in [7, 11) is 1.29. The topological polar surface area (TPSA) is 127 Å². The number of non-ortho nitro benzene ring substituents is 1. The lowest BCUT2D eigenvalue weighted by atomic mass is 10.1. The van der Waals surface area contributed by atoms with Gasteiger partial charge in [-0.05, 0) is 25.0 Å². The molecule has 30 heavy (non-hydrogen) atoms. The van der Waals surface area contributed by atoms with Gasteiger partial charge < -0.3 is 9.84 Å². The first kappa shape index (κ1) is 19.3. The molecule has 1 aromatic heterocycles. The number of ether oxygens (including phenoxy) is 1. The molecule has 0 saturated heterocycles. The second-order valence-corrected chi connectivity index (χ2v) is 6.93. The van der Waals surface area contributed by atoms with E-state index in [1.807, 2.05) is 24.3 Å². The number of aromatic nitrogens is 1. The van der Waals surface area contributed by atoms with Gasteiger partial charge in [0.25, 0.3) is 11.6 Å². The Kier molecular flexibility index (Phi) is 5.01. The van der Waals surface area contributed by atoms with Crippen molar-refractivity contribution < 1.29 is 19.6 Å². The van der Waals surface area contributed by atoms with Crippen molar-refractivity contribution in [2.75, 3.05) is 7.11 Å². The van der Waals surface area contributed by atoms with Gasteiger partial charge in [0.15, 0.2) is 11.5 Å². The highest BCUT2D eigenvalue weighted by Gasteiger charge is 2.27. The summed E-state index contributed by atoms with van der Waals surface area (Å²) < 4.78 is 4.95. The van der Waals surface area contributed by atoms with Crippen LogP contribution in [0.25, 0.3) is 10.9 Å². The second kappa shape index (κ2) is 7.78. The number of nitro benzene ring substituents is 1. The van der Waals surface area contributed by atoms with Crippen molar-refractivity contribution in [1.29, 1.82) is 0 Å². The zero-order chi connectivity index (χ0) is 21.3. The number of methoxy groups -OCH3 is 1. The summed E-state index contributed by atoms with van der Waals surface area (Å²) in [4.78, 5) is 27.9. The molecule has 1 heterocycles. The number of hydrogen-bond donors (Lipinski definition) is 2. The third kappa shape index (κ3) is 3.77. The van der Waals surface area contributed by atoms with Gasteiger partial charge in [0.05, 0.1) is 35.4 Å². The molecule has 3 aromatic rings. The Bertz CT molecular complexity index is 1190. The van der Waals surface area contributed by atoms with E-state index in [1.165, 1.54) is 7.11 Å². The summed E-state index contributed by atoms with van der Waals surface area (Å²) in [5.74, 6) is -0.444. The van der Waals surface area contributed by atoms with Crippen LogP contribution in [-0.4, -0.2) is 34.2 Å². The Hall–Kier alpha value is -4.01. The largest absolute Gasteiger partial charge is 0.504 e. The number of carbonyl (C=O) groups excluding carboxylic acids is 1. The number of fused-ring (bicyclic) bond motifs is 1. The van der Waals surface area contributed by atoms with Crippen molar-refractivity contribution in [2.45, 2.75) is 18.8 Å². The number of nitrogens with one attached hydrogen (secondary N) is 1. The first-order chi connectivity index (χ1) is 14.5. The molecular formula is C21H18N4O5. The Morgan fingerprint density at radius 2 is 2.10 bits per heavy atom. The zero-order valence-electron chi connectivity index (χ0n) is 16.0. The maximum Gasteiger partial charge on any atom is 0.274 e. The number of rotatable bonds is 6. The van der Waals surface area contributed by atoms with Crippen LogP contribution in [0.4, 0.5) is 5.69 Å². The van der Waals surface area contributed by atoms with Crippen molar-refractivity contribution in [2.24, 2.45) is 5.10 Å². The number of benzene rings is 2. The summed E-state index contributed by atoms with van der Waals surface area (Å²) in [6.45, 7) is 0. The van der Waals surface area contributed by atoms with Gasteiger partial charge in [0, 0.05) is 28.6 Å². The Balaban J connectivity index is 1.62. The van der Waals surface area contributed by atoms with Gasteiger partial charge in [-0.25, -0.2) is 5.43 Å². The van der Waals surface area contributed by atoms with E-state index >= 15 is 0 Å². The summed E-state index contributed by atoms with van der Waals surface area (Å²) in [6.07, 6.45) is 3.24. The SMILES string of the molecule is COc1cc([N+](=O)[O-])cc(/C=N\NC(=O)c2cc(C3CC3)nc3ccccc23)c1O. The van der Waals surface area contributed by atoms with Gasteiger partial charge >= 0.3 is 0 Å². The molecule has 4 rings (SSSR count). The van der Waals surface area contributed by atoms with Crippen LogP contribution in [0.3, 0.4) is 0 Å². The van der Waals surface area contributed by atoms with Gasteiger partial charge in [-0.15, -0.1) is 0 Å². The number of aromatic hydroxyl groups is 1. The van der Waals surface area contributed by atoms with Crippen molar-refractivity contribution in [1.82, 2.24) is 10.4 Å². The molecule has 9 heteroatoms. The van der Waals surface area contributed by atoms with Crippen molar-refractivity contribution in [3.05, 3.63) is 69.4 Å². The fraction of sp³-hybridized carbons (Fsp3) is 0.190. The smallest absolute Gasteiger partial charge is 0.274 e. The van der Waals surface area contributed by atoms with Gasteiger partial charge in [-0.3, -0.25) is 19.9 Å². The van der Waals surface area contributed by atoms with Gasteiger partial charge in [0.1, 0.15) is 0 Å². The minimum absolute atomic E-state index is 0.0413. The highest BCUT2D eigenvalue weighted by molar-refractivity contribution is 6.06. The molecule has 1 saturated carbocycles. The number of carbonyl (C=O) groups is 1. The molecule has 0 atom stereocenters. The average molecular weight is 406 g/mol. The lowest BCUT2D eigenvalue weighted by molar-refractivity contribution is -0.385. The predicted octanol–water partition coefficient (Wildman–Crippen LogP) is 3.50. The number of para-hydroxylation sites is 1. The van der Waals surface area contributed by atoms with Crippen LogP contribution in [0.15, 0.2) is 47.6 Å². The first-order valence-electron chi connectivity index (χ1n) is 9.26. The average Bonchev–Trinajstić information content (AvgIpc) is 3.59. The highest BCUT2D eigenvalue weighted by atomic mass is 16.6.